The molecule has 0 bridgehead atoms. The number of nitrogens with one attached hydrogen (secondary N) is 2. The summed E-state index contributed by atoms with van der Waals surface area (Å²) in [4.78, 5) is 31.2. The van der Waals surface area contributed by atoms with E-state index < -0.39 is 0 Å². The highest BCUT2D eigenvalue weighted by atomic mass is 16.2. The molecule has 2 amide bonds. The van der Waals surface area contributed by atoms with Crippen molar-refractivity contribution in [1.29, 1.82) is 0 Å². The Bertz CT molecular complexity index is 1120. The van der Waals surface area contributed by atoms with Crippen LogP contribution in [-0.4, -0.2) is 34.8 Å². The number of amides is 2. The van der Waals surface area contributed by atoms with Crippen LogP contribution in [0.25, 0.3) is 10.9 Å². The molecule has 0 saturated heterocycles. The topological polar surface area (TPSA) is 65.2 Å². The first kappa shape index (κ1) is 21.2. The number of nitrogens with zero attached hydrogens (tertiary/aromatic N) is 1. The third-order valence-corrected chi connectivity index (χ3v) is 6.22. The molecule has 5 nitrogen and oxygen atoms in total. The number of anilines is 1. The first-order chi connectivity index (χ1) is 15.0. The Hall–Kier alpha value is -3.08. The average molecular weight is 418 g/mol. The fourth-order valence-electron chi connectivity index (χ4n) is 4.51. The number of rotatable bonds is 6. The van der Waals surface area contributed by atoms with Gasteiger partial charge in [0.25, 0.3) is 5.91 Å². The van der Waals surface area contributed by atoms with Crippen molar-refractivity contribution in [3.8, 4) is 0 Å². The molecular weight excluding hydrogens is 386 g/mol. The lowest BCUT2D eigenvalue weighted by Gasteiger charge is -2.22. The van der Waals surface area contributed by atoms with Crippen molar-refractivity contribution in [3.05, 3.63) is 64.8 Å². The second-order valence-corrected chi connectivity index (χ2v) is 8.78. The molecular formula is C26H31N3O2. The molecule has 1 heterocycles. The number of carbonyl (C=O) groups is 2. The molecule has 0 radical (unpaired) electrons. The second kappa shape index (κ2) is 8.96. The zero-order valence-electron chi connectivity index (χ0n) is 18.6. The van der Waals surface area contributed by atoms with E-state index in [0.29, 0.717) is 18.0 Å². The van der Waals surface area contributed by atoms with E-state index in [-0.39, 0.29) is 18.4 Å². The van der Waals surface area contributed by atoms with Gasteiger partial charge in [0.05, 0.1) is 0 Å². The minimum atomic E-state index is -0.176. The summed E-state index contributed by atoms with van der Waals surface area (Å²) >= 11 is 0. The summed E-state index contributed by atoms with van der Waals surface area (Å²) in [5, 5.41) is 4.09. The second-order valence-electron chi connectivity index (χ2n) is 8.78. The summed E-state index contributed by atoms with van der Waals surface area (Å²) in [5.41, 5.74) is 6.18. The fraction of sp³-hybridized carbons (Fsp3) is 0.385. The van der Waals surface area contributed by atoms with Gasteiger partial charge in [0.1, 0.15) is 6.54 Å². The van der Waals surface area contributed by atoms with Crippen molar-refractivity contribution < 1.29 is 9.59 Å². The molecule has 0 unspecified atom stereocenters. The maximum Gasteiger partial charge on any atom is 0.254 e. The highest BCUT2D eigenvalue weighted by molar-refractivity contribution is 6.02. The lowest BCUT2D eigenvalue weighted by atomic mass is 9.87. The Kier molecular flexibility index (Phi) is 6.12. The van der Waals surface area contributed by atoms with Gasteiger partial charge in [-0.05, 0) is 73.9 Å². The molecule has 0 spiro atoms. The fourth-order valence-corrected chi connectivity index (χ4v) is 4.51. The maximum absolute atomic E-state index is 13.3. The van der Waals surface area contributed by atoms with Gasteiger partial charge in [-0.1, -0.05) is 32.0 Å². The van der Waals surface area contributed by atoms with Crippen LogP contribution in [0, 0.1) is 12.8 Å². The third kappa shape index (κ3) is 4.50. The minimum absolute atomic E-state index is 0.0430. The quantitative estimate of drug-likeness (QED) is 0.587. The number of hydrogen-bond donors (Lipinski definition) is 2. The molecule has 1 aromatic heterocycles. The third-order valence-electron chi connectivity index (χ3n) is 6.22. The summed E-state index contributed by atoms with van der Waals surface area (Å²) in [6.45, 7) is 6.85. The van der Waals surface area contributed by atoms with Gasteiger partial charge in [0, 0.05) is 34.4 Å². The van der Waals surface area contributed by atoms with Gasteiger partial charge in [-0.2, -0.15) is 0 Å². The van der Waals surface area contributed by atoms with Crippen molar-refractivity contribution in [2.24, 2.45) is 5.92 Å². The SMILES string of the molecule is CCCN(CC(=O)Nc1ccccc1C)C(=O)c1ccc2[nH]c3c(c2c1)C[C@@H](C)CC3. The molecule has 1 aliphatic carbocycles. The van der Waals surface area contributed by atoms with Gasteiger partial charge < -0.3 is 15.2 Å². The average Bonchev–Trinajstić information content (AvgIpc) is 3.11. The van der Waals surface area contributed by atoms with E-state index in [0.717, 1.165) is 41.4 Å². The summed E-state index contributed by atoms with van der Waals surface area (Å²) in [7, 11) is 0. The molecule has 3 aromatic rings. The van der Waals surface area contributed by atoms with Crippen molar-refractivity contribution in [3.63, 3.8) is 0 Å². The summed E-state index contributed by atoms with van der Waals surface area (Å²) in [6, 6.07) is 13.6. The lowest BCUT2D eigenvalue weighted by molar-refractivity contribution is -0.116. The maximum atomic E-state index is 13.3. The molecule has 4 rings (SSSR count). The van der Waals surface area contributed by atoms with Crippen LogP contribution in [0.15, 0.2) is 42.5 Å². The van der Waals surface area contributed by atoms with Crippen molar-refractivity contribution in [2.75, 3.05) is 18.4 Å². The van der Waals surface area contributed by atoms with Gasteiger partial charge in [-0.25, -0.2) is 0 Å². The van der Waals surface area contributed by atoms with Gasteiger partial charge in [0.2, 0.25) is 5.91 Å². The molecule has 31 heavy (non-hydrogen) atoms. The number of aryl methyl sites for hydroxylation is 2. The molecule has 2 aromatic carbocycles. The van der Waals surface area contributed by atoms with E-state index in [1.807, 2.05) is 56.3 Å². The van der Waals surface area contributed by atoms with E-state index in [1.165, 1.54) is 17.7 Å². The standard InChI is InChI=1S/C26H31N3O2/c1-4-13-29(16-25(30)28-22-8-6-5-7-18(22)3)26(31)19-10-12-24-21(15-19)20-14-17(2)9-11-23(20)27-24/h5-8,10,12,15,17,27H,4,9,11,13-14,16H2,1-3H3,(H,28,30)/t17-/m0/s1. The monoisotopic (exact) mass is 417 g/mol. The number of fused-ring (bicyclic) bond motifs is 3. The van der Waals surface area contributed by atoms with E-state index in [2.05, 4.69) is 17.2 Å². The number of benzene rings is 2. The van der Waals surface area contributed by atoms with Gasteiger partial charge in [0.15, 0.2) is 0 Å². The van der Waals surface area contributed by atoms with Crippen molar-refractivity contribution >= 4 is 28.4 Å². The van der Waals surface area contributed by atoms with Gasteiger partial charge in [-0.15, -0.1) is 0 Å². The molecule has 1 aliphatic rings. The summed E-state index contributed by atoms with van der Waals surface area (Å²) in [6.07, 6.45) is 4.11. The molecule has 0 fully saturated rings. The summed E-state index contributed by atoms with van der Waals surface area (Å²) in [5.74, 6) is 0.389. The number of carbonyl (C=O) groups excluding carboxylic acids is 2. The van der Waals surface area contributed by atoms with Crippen LogP contribution in [-0.2, 0) is 17.6 Å². The highest BCUT2D eigenvalue weighted by Gasteiger charge is 2.23. The van der Waals surface area contributed by atoms with E-state index >= 15 is 0 Å². The molecule has 0 saturated carbocycles. The van der Waals surface area contributed by atoms with Crippen molar-refractivity contribution in [2.45, 2.75) is 46.5 Å². The zero-order valence-corrected chi connectivity index (χ0v) is 18.6. The first-order valence-corrected chi connectivity index (χ1v) is 11.2. The van der Waals surface area contributed by atoms with Crippen LogP contribution >= 0.6 is 0 Å². The van der Waals surface area contributed by atoms with Crippen LogP contribution in [0.2, 0.25) is 0 Å². The number of para-hydroxylation sites is 1. The molecule has 2 N–H and O–H groups in total. The Morgan fingerprint density at radius 3 is 2.77 bits per heavy atom. The Balaban J connectivity index is 1.55. The van der Waals surface area contributed by atoms with Gasteiger partial charge in [-0.3, -0.25) is 9.59 Å². The smallest absolute Gasteiger partial charge is 0.254 e. The Morgan fingerprint density at radius 1 is 1.19 bits per heavy atom. The predicted molar refractivity (Wildman–Crippen MR) is 125 cm³/mol. The van der Waals surface area contributed by atoms with Crippen LogP contribution in [0.3, 0.4) is 0 Å². The number of H-pyrrole nitrogens is 1. The molecule has 0 aliphatic heterocycles. The normalized spacial score (nSPS) is 15.5. The zero-order chi connectivity index (χ0) is 22.0. The van der Waals surface area contributed by atoms with Crippen LogP contribution in [0.5, 0.6) is 0 Å². The number of aromatic nitrogens is 1. The molecule has 162 valence electrons. The van der Waals surface area contributed by atoms with Crippen LogP contribution in [0.1, 0.15) is 53.9 Å². The van der Waals surface area contributed by atoms with E-state index in [1.54, 1.807) is 4.90 Å². The summed E-state index contributed by atoms with van der Waals surface area (Å²) < 4.78 is 0. The van der Waals surface area contributed by atoms with E-state index in [4.69, 9.17) is 0 Å². The largest absolute Gasteiger partial charge is 0.358 e. The number of hydrogen-bond acceptors (Lipinski definition) is 2. The van der Waals surface area contributed by atoms with Crippen LogP contribution < -0.4 is 5.32 Å². The molecule has 5 heteroatoms. The van der Waals surface area contributed by atoms with Crippen molar-refractivity contribution in [1.82, 2.24) is 9.88 Å². The Labute approximate surface area is 183 Å². The van der Waals surface area contributed by atoms with Crippen LogP contribution in [0.4, 0.5) is 5.69 Å². The minimum Gasteiger partial charge on any atom is -0.358 e. The van der Waals surface area contributed by atoms with E-state index in [9.17, 15) is 9.59 Å². The first-order valence-electron chi connectivity index (χ1n) is 11.2. The molecule has 1 atom stereocenters. The lowest BCUT2D eigenvalue weighted by Crippen LogP contribution is -2.38. The highest BCUT2D eigenvalue weighted by Crippen LogP contribution is 2.32. The number of aromatic amines is 1. The predicted octanol–water partition coefficient (Wildman–Crippen LogP) is 5.09. The van der Waals surface area contributed by atoms with Gasteiger partial charge >= 0.3 is 0 Å². The Morgan fingerprint density at radius 2 is 2.00 bits per heavy atom.